The molecule has 0 aliphatic carbocycles. The number of rotatable bonds is 6. The fourth-order valence-corrected chi connectivity index (χ4v) is 2.86. The van der Waals surface area contributed by atoms with Crippen LogP contribution in [0.3, 0.4) is 0 Å². The standard InChI is InChI=1S/C18H22FN5O/c1-4-6-13-11-17(25-3)23(2)22-15(13)12-24-10-9-20-18(24)14-7-5-8-16(19)21-14/h5,7-11,22H,4,6,12H2,1-3H3. The Hall–Kier alpha value is -2.83. The third kappa shape index (κ3) is 3.65. The fraction of sp³-hybridized carbons (Fsp3) is 0.333. The highest BCUT2D eigenvalue weighted by Gasteiger charge is 2.19. The van der Waals surface area contributed by atoms with Gasteiger partial charge in [0.1, 0.15) is 5.69 Å². The van der Waals surface area contributed by atoms with Crippen molar-refractivity contribution in [1.29, 1.82) is 0 Å². The summed E-state index contributed by atoms with van der Waals surface area (Å²) in [5.74, 6) is 0.889. The van der Waals surface area contributed by atoms with Gasteiger partial charge in [-0.2, -0.15) is 4.39 Å². The number of hydrazine groups is 1. The van der Waals surface area contributed by atoms with Crippen LogP contribution < -0.4 is 5.43 Å². The van der Waals surface area contributed by atoms with Crippen LogP contribution in [0.25, 0.3) is 11.5 Å². The van der Waals surface area contributed by atoms with Crippen molar-refractivity contribution in [2.45, 2.75) is 26.3 Å². The Balaban J connectivity index is 1.94. The van der Waals surface area contributed by atoms with Crippen LogP contribution in [0, 0.1) is 5.95 Å². The van der Waals surface area contributed by atoms with Crippen LogP contribution in [0.5, 0.6) is 0 Å². The molecule has 0 saturated carbocycles. The van der Waals surface area contributed by atoms with Crippen LogP contribution in [-0.4, -0.2) is 33.7 Å². The van der Waals surface area contributed by atoms with E-state index in [1.54, 1.807) is 25.4 Å². The zero-order chi connectivity index (χ0) is 17.8. The smallest absolute Gasteiger partial charge is 0.213 e. The molecule has 1 N–H and O–H groups in total. The monoisotopic (exact) mass is 343 g/mol. The van der Waals surface area contributed by atoms with Crippen LogP contribution in [0.1, 0.15) is 19.8 Å². The van der Waals surface area contributed by atoms with E-state index in [0.29, 0.717) is 18.1 Å². The predicted molar refractivity (Wildman–Crippen MR) is 93.3 cm³/mol. The molecule has 2 aromatic heterocycles. The Morgan fingerprint density at radius 2 is 2.16 bits per heavy atom. The van der Waals surface area contributed by atoms with Crippen molar-refractivity contribution in [3.8, 4) is 11.5 Å². The van der Waals surface area contributed by atoms with Gasteiger partial charge in [-0.25, -0.2) is 9.97 Å². The summed E-state index contributed by atoms with van der Waals surface area (Å²) in [5, 5.41) is 1.84. The number of halogens is 1. The first kappa shape index (κ1) is 17.0. The summed E-state index contributed by atoms with van der Waals surface area (Å²) in [6.45, 7) is 2.73. The van der Waals surface area contributed by atoms with Crippen molar-refractivity contribution < 1.29 is 9.13 Å². The molecule has 3 rings (SSSR count). The number of methoxy groups -OCH3 is 1. The second-order valence-corrected chi connectivity index (χ2v) is 5.84. The number of pyridine rings is 1. The zero-order valence-corrected chi connectivity index (χ0v) is 14.7. The first-order chi connectivity index (χ1) is 12.1. The van der Waals surface area contributed by atoms with E-state index in [1.807, 2.05) is 28.9 Å². The molecule has 132 valence electrons. The summed E-state index contributed by atoms with van der Waals surface area (Å²) in [6.07, 6.45) is 7.58. The minimum atomic E-state index is -0.513. The van der Waals surface area contributed by atoms with Crippen molar-refractivity contribution >= 4 is 0 Å². The van der Waals surface area contributed by atoms with E-state index in [9.17, 15) is 4.39 Å². The minimum absolute atomic E-state index is 0.513. The maximum Gasteiger partial charge on any atom is 0.213 e. The van der Waals surface area contributed by atoms with Crippen LogP contribution in [-0.2, 0) is 11.3 Å². The van der Waals surface area contributed by atoms with Gasteiger partial charge in [0.15, 0.2) is 5.82 Å². The molecule has 0 atom stereocenters. The van der Waals surface area contributed by atoms with E-state index in [4.69, 9.17) is 4.74 Å². The highest BCUT2D eigenvalue weighted by atomic mass is 19.1. The summed E-state index contributed by atoms with van der Waals surface area (Å²) in [7, 11) is 3.56. The van der Waals surface area contributed by atoms with Crippen molar-refractivity contribution in [3.63, 3.8) is 0 Å². The van der Waals surface area contributed by atoms with E-state index in [0.717, 1.165) is 24.4 Å². The topological polar surface area (TPSA) is 55.2 Å². The SMILES string of the molecule is CCCC1=C(Cn2ccnc2-c2cccc(F)n2)NN(C)C(OC)=C1. The molecule has 6 nitrogen and oxygen atoms in total. The molecule has 0 aromatic carbocycles. The number of aromatic nitrogens is 3. The number of allylic oxidation sites excluding steroid dienone is 3. The first-order valence-electron chi connectivity index (χ1n) is 8.24. The molecule has 25 heavy (non-hydrogen) atoms. The molecule has 0 unspecified atom stereocenters. The van der Waals surface area contributed by atoms with Crippen molar-refractivity contribution in [3.05, 3.63) is 59.8 Å². The van der Waals surface area contributed by atoms with Gasteiger partial charge < -0.3 is 9.30 Å². The molecule has 7 heteroatoms. The highest BCUT2D eigenvalue weighted by Crippen LogP contribution is 2.23. The summed E-state index contributed by atoms with van der Waals surface area (Å²) in [5.41, 5.74) is 6.11. The highest BCUT2D eigenvalue weighted by molar-refractivity contribution is 5.49. The lowest BCUT2D eigenvalue weighted by Crippen LogP contribution is -2.38. The number of ether oxygens (including phenoxy) is 1. The van der Waals surface area contributed by atoms with E-state index >= 15 is 0 Å². The molecule has 3 heterocycles. The molecular formula is C18H22FN5O. The largest absolute Gasteiger partial charge is 0.481 e. The summed E-state index contributed by atoms with van der Waals surface area (Å²) in [4.78, 5) is 8.28. The van der Waals surface area contributed by atoms with Crippen LogP contribution in [0.15, 0.2) is 53.8 Å². The third-order valence-corrected chi connectivity index (χ3v) is 4.04. The Labute approximate surface area is 146 Å². The maximum absolute atomic E-state index is 13.4. The van der Waals surface area contributed by atoms with Gasteiger partial charge in [-0.3, -0.25) is 10.4 Å². The summed E-state index contributed by atoms with van der Waals surface area (Å²) in [6, 6.07) is 4.72. The zero-order valence-electron chi connectivity index (χ0n) is 14.7. The van der Waals surface area contributed by atoms with E-state index in [1.165, 1.54) is 11.6 Å². The summed E-state index contributed by atoms with van der Waals surface area (Å²) >= 11 is 0. The Kier molecular flexibility index (Phi) is 5.02. The van der Waals surface area contributed by atoms with Gasteiger partial charge >= 0.3 is 0 Å². The Bertz CT molecular complexity index is 811. The summed E-state index contributed by atoms with van der Waals surface area (Å²) < 4.78 is 20.8. The predicted octanol–water partition coefficient (Wildman–Crippen LogP) is 3.08. The molecule has 0 fully saturated rings. The van der Waals surface area contributed by atoms with E-state index in [2.05, 4.69) is 22.3 Å². The van der Waals surface area contributed by atoms with Gasteiger partial charge in [0.2, 0.25) is 11.8 Å². The lowest BCUT2D eigenvalue weighted by atomic mass is 10.1. The molecule has 0 radical (unpaired) electrons. The average molecular weight is 343 g/mol. The number of nitrogens with one attached hydrogen (secondary N) is 1. The fourth-order valence-electron chi connectivity index (χ4n) is 2.86. The van der Waals surface area contributed by atoms with Gasteiger partial charge in [-0.15, -0.1) is 0 Å². The van der Waals surface area contributed by atoms with E-state index < -0.39 is 5.95 Å². The molecule has 1 aliphatic rings. The van der Waals surface area contributed by atoms with E-state index in [-0.39, 0.29) is 0 Å². The molecule has 0 bridgehead atoms. The van der Waals surface area contributed by atoms with Gasteiger partial charge in [-0.1, -0.05) is 19.4 Å². The van der Waals surface area contributed by atoms with Crippen molar-refractivity contribution in [2.75, 3.05) is 14.2 Å². The van der Waals surface area contributed by atoms with Gasteiger partial charge in [0, 0.05) is 25.5 Å². The Morgan fingerprint density at radius 3 is 2.88 bits per heavy atom. The molecular weight excluding hydrogens is 321 g/mol. The third-order valence-electron chi connectivity index (χ3n) is 4.04. The molecule has 1 aliphatic heterocycles. The van der Waals surface area contributed by atoms with Gasteiger partial charge in [0.25, 0.3) is 0 Å². The average Bonchev–Trinajstić information content (AvgIpc) is 3.05. The van der Waals surface area contributed by atoms with Gasteiger partial charge in [0.05, 0.1) is 19.4 Å². The lowest BCUT2D eigenvalue weighted by Gasteiger charge is -2.30. The molecule has 0 saturated heterocycles. The second-order valence-electron chi connectivity index (χ2n) is 5.84. The van der Waals surface area contributed by atoms with Crippen molar-refractivity contribution in [2.24, 2.45) is 0 Å². The maximum atomic E-state index is 13.4. The van der Waals surface area contributed by atoms with Gasteiger partial charge in [-0.05, 0) is 24.1 Å². The lowest BCUT2D eigenvalue weighted by molar-refractivity contribution is 0.138. The van der Waals surface area contributed by atoms with Crippen LogP contribution in [0.4, 0.5) is 4.39 Å². The minimum Gasteiger partial charge on any atom is -0.481 e. The Morgan fingerprint density at radius 1 is 1.32 bits per heavy atom. The first-order valence-corrected chi connectivity index (χ1v) is 8.24. The molecule has 0 amide bonds. The quantitative estimate of drug-likeness (QED) is 0.817. The van der Waals surface area contributed by atoms with Crippen LogP contribution in [0.2, 0.25) is 0 Å². The van der Waals surface area contributed by atoms with Crippen LogP contribution >= 0.6 is 0 Å². The number of hydrogen-bond acceptors (Lipinski definition) is 5. The normalized spacial score (nSPS) is 14.4. The van der Waals surface area contributed by atoms with Crippen molar-refractivity contribution in [1.82, 2.24) is 25.0 Å². The number of nitrogens with zero attached hydrogens (tertiary/aromatic N) is 4. The number of imidazole rings is 1. The molecule has 0 spiro atoms. The number of hydrogen-bond donors (Lipinski definition) is 1. The molecule has 2 aromatic rings. The second kappa shape index (κ2) is 7.38.